The molecule has 0 bridgehead atoms. The van der Waals surface area contributed by atoms with Crippen LogP contribution in [0, 0.1) is 6.92 Å². The van der Waals surface area contributed by atoms with Crippen LogP contribution < -0.4 is 16.2 Å². The number of aryl methyl sites for hydroxylation is 1. The average molecular weight is 501 g/mol. The van der Waals surface area contributed by atoms with Crippen molar-refractivity contribution in [2.24, 2.45) is 0 Å². The minimum absolute atomic E-state index is 0.000904. The van der Waals surface area contributed by atoms with Gasteiger partial charge in [0.1, 0.15) is 11.6 Å². The van der Waals surface area contributed by atoms with Gasteiger partial charge in [-0.25, -0.2) is 13.1 Å². The Labute approximate surface area is 197 Å². The molecule has 1 aromatic carbocycles. The van der Waals surface area contributed by atoms with Gasteiger partial charge in [-0.2, -0.15) is 5.10 Å². The number of hydrogen-bond acceptors (Lipinski definition) is 6. The first kappa shape index (κ1) is 24.7. The van der Waals surface area contributed by atoms with Gasteiger partial charge in [0.15, 0.2) is 9.84 Å². The Bertz CT molecular complexity index is 1140. The number of halogens is 2. The summed E-state index contributed by atoms with van der Waals surface area (Å²) in [5.74, 6) is -0.500. The number of carbonyl (C=O) groups is 1. The van der Waals surface area contributed by atoms with E-state index in [2.05, 4.69) is 15.7 Å². The molecule has 2 N–H and O–H groups in total. The van der Waals surface area contributed by atoms with Crippen LogP contribution >= 0.6 is 23.2 Å². The maximum atomic E-state index is 12.9. The number of anilines is 1. The number of hydrogen-bond donors (Lipinski definition) is 2. The second-order valence-corrected chi connectivity index (χ2v) is 10.8. The van der Waals surface area contributed by atoms with Crippen LogP contribution in [0.25, 0.3) is 0 Å². The summed E-state index contributed by atoms with van der Waals surface area (Å²) in [6, 6.07) is 5.09. The molecule has 174 valence electrons. The lowest BCUT2D eigenvalue weighted by Gasteiger charge is -2.23. The van der Waals surface area contributed by atoms with Crippen LogP contribution in [0.1, 0.15) is 37.7 Å². The summed E-state index contributed by atoms with van der Waals surface area (Å²) in [6.07, 6.45) is 5.99. The number of nitrogens with zero attached hydrogens (tertiary/aromatic N) is 2. The zero-order chi connectivity index (χ0) is 23.3. The van der Waals surface area contributed by atoms with Crippen LogP contribution in [0.2, 0.25) is 10.0 Å². The van der Waals surface area contributed by atoms with Crippen LogP contribution in [-0.2, 0) is 21.2 Å². The molecule has 0 aliphatic carbocycles. The molecule has 1 atom stereocenters. The van der Waals surface area contributed by atoms with Crippen LogP contribution in [0.3, 0.4) is 0 Å². The van der Waals surface area contributed by atoms with Gasteiger partial charge in [-0.3, -0.25) is 9.59 Å². The van der Waals surface area contributed by atoms with Crippen molar-refractivity contribution in [3.63, 3.8) is 0 Å². The topological polar surface area (TPSA) is 110 Å². The largest absolute Gasteiger partial charge is 0.324 e. The van der Waals surface area contributed by atoms with Gasteiger partial charge in [-0.15, -0.1) is 0 Å². The predicted octanol–water partition coefficient (Wildman–Crippen LogP) is 3.19. The van der Waals surface area contributed by atoms with Crippen molar-refractivity contribution in [3.8, 4) is 0 Å². The fraction of sp³-hybridized carbons (Fsp3) is 0.476. The monoisotopic (exact) mass is 500 g/mol. The molecule has 3 rings (SSSR count). The molecule has 0 radical (unpaired) electrons. The van der Waals surface area contributed by atoms with Crippen LogP contribution in [-0.4, -0.2) is 42.4 Å². The summed E-state index contributed by atoms with van der Waals surface area (Å²) in [6.45, 7) is 2.32. The highest BCUT2D eigenvalue weighted by molar-refractivity contribution is 7.91. The van der Waals surface area contributed by atoms with E-state index in [4.69, 9.17) is 23.2 Å². The van der Waals surface area contributed by atoms with Crippen molar-refractivity contribution in [3.05, 3.63) is 50.4 Å². The van der Waals surface area contributed by atoms with Gasteiger partial charge >= 0.3 is 0 Å². The Morgan fingerprint density at radius 3 is 2.81 bits per heavy atom. The second kappa shape index (κ2) is 10.8. The van der Waals surface area contributed by atoms with Crippen molar-refractivity contribution < 1.29 is 13.2 Å². The third-order valence-corrected chi connectivity index (χ3v) is 8.11. The summed E-state index contributed by atoms with van der Waals surface area (Å²) < 4.78 is 26.7. The van der Waals surface area contributed by atoms with Gasteiger partial charge in [-0.1, -0.05) is 35.7 Å². The molecule has 1 saturated heterocycles. The molecule has 0 spiro atoms. The number of piperidine rings is 1. The van der Waals surface area contributed by atoms with Gasteiger partial charge in [0.05, 0.1) is 21.9 Å². The minimum atomic E-state index is -3.50. The van der Waals surface area contributed by atoms with Gasteiger partial charge < -0.3 is 10.6 Å². The smallest absolute Gasteiger partial charge is 0.287 e. The lowest BCUT2D eigenvalue weighted by molar-refractivity contribution is -0.117. The molecule has 32 heavy (non-hydrogen) atoms. The Morgan fingerprint density at radius 2 is 2.09 bits per heavy atom. The third-order valence-electron chi connectivity index (χ3n) is 5.42. The molecule has 1 aliphatic rings. The van der Waals surface area contributed by atoms with Gasteiger partial charge in [0.2, 0.25) is 5.91 Å². The lowest BCUT2D eigenvalue weighted by Crippen LogP contribution is -2.34. The van der Waals surface area contributed by atoms with E-state index in [-0.39, 0.29) is 27.2 Å². The number of nitrogens with one attached hydrogen (secondary N) is 2. The van der Waals surface area contributed by atoms with Gasteiger partial charge in [0.25, 0.3) is 5.56 Å². The number of aromatic nitrogens is 2. The summed E-state index contributed by atoms with van der Waals surface area (Å²) in [4.78, 5) is 24.6. The SMILES string of the molecule is Cc1ccc(NC(=O)Cn2ncc(Cl)c(Cl)c2=O)cc1S(=O)(=O)CCCC1CCCCN1. The van der Waals surface area contributed by atoms with Gasteiger partial charge in [-0.05, 0) is 56.8 Å². The van der Waals surface area contributed by atoms with Crippen LogP contribution in [0.4, 0.5) is 5.69 Å². The summed E-state index contributed by atoms with van der Waals surface area (Å²) in [7, 11) is -3.50. The number of carbonyl (C=O) groups excluding carboxylic acids is 1. The van der Waals surface area contributed by atoms with Crippen molar-refractivity contribution in [1.29, 1.82) is 0 Å². The molecule has 2 aromatic rings. The second-order valence-electron chi connectivity index (χ2n) is 7.91. The van der Waals surface area contributed by atoms with Crippen LogP contribution in [0.5, 0.6) is 0 Å². The highest BCUT2D eigenvalue weighted by atomic mass is 35.5. The maximum Gasteiger partial charge on any atom is 0.287 e. The summed E-state index contributed by atoms with van der Waals surface area (Å²) in [5.41, 5.74) is 0.247. The molecular weight excluding hydrogens is 475 g/mol. The molecule has 1 aliphatic heterocycles. The van der Waals surface area contributed by atoms with Crippen molar-refractivity contribution in [1.82, 2.24) is 15.1 Å². The zero-order valence-corrected chi connectivity index (χ0v) is 20.1. The molecule has 8 nitrogen and oxygen atoms in total. The van der Waals surface area contributed by atoms with Crippen molar-refractivity contribution >= 4 is 44.6 Å². The Hall–Kier alpha value is -1.94. The number of benzene rings is 1. The number of rotatable bonds is 8. The van der Waals surface area contributed by atoms with E-state index in [1.54, 1.807) is 19.1 Å². The first-order valence-corrected chi connectivity index (χ1v) is 12.9. The maximum absolute atomic E-state index is 12.9. The molecular formula is C21H26Cl2N4O4S. The minimum Gasteiger partial charge on any atom is -0.324 e. The van der Waals surface area contributed by atoms with E-state index >= 15 is 0 Å². The molecule has 2 heterocycles. The van der Waals surface area contributed by atoms with E-state index in [9.17, 15) is 18.0 Å². The summed E-state index contributed by atoms with van der Waals surface area (Å²) >= 11 is 11.5. The van der Waals surface area contributed by atoms with E-state index in [0.717, 1.165) is 24.1 Å². The highest BCUT2D eigenvalue weighted by Gasteiger charge is 2.20. The fourth-order valence-corrected chi connectivity index (χ4v) is 5.61. The fourth-order valence-electron chi connectivity index (χ4n) is 3.71. The van der Waals surface area contributed by atoms with Gasteiger partial charge in [0, 0.05) is 11.7 Å². The summed E-state index contributed by atoms with van der Waals surface area (Å²) in [5, 5.41) is 9.61. The standard InChI is InChI=1S/C21H26Cl2N4O4S/c1-14-7-8-16(26-19(28)13-27-21(29)20(23)17(22)12-25-27)11-18(14)32(30,31)10-4-6-15-5-2-3-9-24-15/h7-8,11-12,15,24H,2-6,9-10,13H2,1H3,(H,26,28). The quantitative estimate of drug-likeness (QED) is 0.575. The van der Waals surface area contributed by atoms with E-state index < -0.39 is 21.3 Å². The molecule has 11 heteroatoms. The number of sulfone groups is 1. The third kappa shape index (κ3) is 6.31. The molecule has 1 fully saturated rings. The zero-order valence-electron chi connectivity index (χ0n) is 17.7. The lowest BCUT2D eigenvalue weighted by atomic mass is 10.0. The predicted molar refractivity (Wildman–Crippen MR) is 125 cm³/mol. The first-order chi connectivity index (χ1) is 15.2. The molecule has 1 unspecified atom stereocenters. The van der Waals surface area contributed by atoms with E-state index in [1.807, 2.05) is 0 Å². The number of amides is 1. The molecule has 1 amide bonds. The van der Waals surface area contributed by atoms with E-state index in [1.165, 1.54) is 25.1 Å². The van der Waals surface area contributed by atoms with Crippen molar-refractivity contribution in [2.75, 3.05) is 17.6 Å². The molecule has 1 aromatic heterocycles. The van der Waals surface area contributed by atoms with E-state index in [0.29, 0.717) is 23.7 Å². The molecule has 0 saturated carbocycles. The Balaban J connectivity index is 1.66. The van der Waals surface area contributed by atoms with Crippen LogP contribution in [0.15, 0.2) is 34.1 Å². The highest BCUT2D eigenvalue weighted by Crippen LogP contribution is 2.23. The average Bonchev–Trinajstić information content (AvgIpc) is 2.76. The normalized spacial score (nSPS) is 16.7. The first-order valence-electron chi connectivity index (χ1n) is 10.4. The van der Waals surface area contributed by atoms with Crippen molar-refractivity contribution in [2.45, 2.75) is 56.5 Å². The Kier molecular flexibility index (Phi) is 8.32. The Morgan fingerprint density at radius 1 is 1.31 bits per heavy atom.